The summed E-state index contributed by atoms with van der Waals surface area (Å²) in [4.78, 5) is 14.2. The second kappa shape index (κ2) is 11.0. The lowest BCUT2D eigenvalue weighted by Crippen LogP contribution is -2.42. The Morgan fingerprint density at radius 3 is 2.42 bits per heavy atom. The fraction of sp³-hybridized carbons (Fsp3) is 0.323. The van der Waals surface area contributed by atoms with Gasteiger partial charge < -0.3 is 29.3 Å². The molecule has 0 spiro atoms. The zero-order chi connectivity index (χ0) is 27.8. The maximum atomic E-state index is 14.5. The normalized spacial score (nSPS) is 19.1. The predicted molar refractivity (Wildman–Crippen MR) is 148 cm³/mol. The summed E-state index contributed by atoms with van der Waals surface area (Å²) in [5.41, 5.74) is 3.94. The van der Waals surface area contributed by atoms with E-state index in [1.54, 1.807) is 29.2 Å². The van der Waals surface area contributed by atoms with Gasteiger partial charge in [-0.2, -0.15) is 0 Å². The van der Waals surface area contributed by atoms with E-state index in [2.05, 4.69) is 0 Å². The van der Waals surface area contributed by atoms with Gasteiger partial charge in [-0.3, -0.25) is 4.79 Å². The van der Waals surface area contributed by atoms with E-state index in [0.717, 1.165) is 41.5 Å². The van der Waals surface area contributed by atoms with Gasteiger partial charge in [0.25, 0.3) is 5.91 Å². The number of carbonyl (C=O) groups excluding carboxylic acids is 1. The van der Waals surface area contributed by atoms with Crippen molar-refractivity contribution in [1.29, 1.82) is 0 Å². The van der Waals surface area contributed by atoms with E-state index in [1.165, 1.54) is 12.1 Å². The zero-order valence-electron chi connectivity index (χ0n) is 21.7. The largest absolute Gasteiger partial charge is 0.506 e. The van der Waals surface area contributed by atoms with Gasteiger partial charge in [-0.15, -0.1) is 0 Å². The Kier molecular flexibility index (Phi) is 7.29. The number of ether oxygens (including phenoxy) is 3. The SMILES string of the molecule is O=C(COc1ccc(C2Oc3cc(F)c(O)cc3C(C3CCC3)=C2c2ccc(Cl)c(O)c2)cc1)N1CCOCC1. The van der Waals surface area contributed by atoms with Gasteiger partial charge in [0.1, 0.15) is 23.4 Å². The second-order valence-corrected chi connectivity index (χ2v) is 10.7. The van der Waals surface area contributed by atoms with Crippen LogP contribution in [0.2, 0.25) is 5.02 Å². The van der Waals surface area contributed by atoms with Crippen molar-refractivity contribution in [1.82, 2.24) is 4.90 Å². The molecule has 0 bridgehead atoms. The zero-order valence-corrected chi connectivity index (χ0v) is 22.5. The van der Waals surface area contributed by atoms with Crippen LogP contribution >= 0.6 is 11.6 Å². The third kappa shape index (κ3) is 5.09. The molecule has 3 aromatic rings. The Labute approximate surface area is 236 Å². The van der Waals surface area contributed by atoms with Gasteiger partial charge in [0, 0.05) is 30.3 Å². The van der Waals surface area contributed by atoms with Crippen LogP contribution in [0.5, 0.6) is 23.0 Å². The van der Waals surface area contributed by atoms with Gasteiger partial charge in [0.05, 0.1) is 18.2 Å². The Morgan fingerprint density at radius 2 is 1.75 bits per heavy atom. The first kappa shape index (κ1) is 26.5. The molecule has 7 nitrogen and oxygen atoms in total. The first-order valence-corrected chi connectivity index (χ1v) is 13.8. The standard InChI is InChI=1S/C31H29ClFNO6/c32-23-9-6-20(14-25(23)35)30-29(18-2-1-3-18)22-15-26(36)24(33)16-27(22)40-31(30)19-4-7-21(8-5-19)39-17-28(37)34-10-12-38-13-11-34/h4-9,14-16,18,31,35-36H,1-3,10-13,17H2. The summed E-state index contributed by atoms with van der Waals surface area (Å²) in [5, 5.41) is 20.9. The minimum absolute atomic E-state index is 0.0557. The molecular weight excluding hydrogens is 537 g/mol. The van der Waals surface area contributed by atoms with Crippen molar-refractivity contribution in [3.8, 4) is 23.0 Å². The molecule has 3 aliphatic rings. The Hall–Kier alpha value is -3.75. The number of allylic oxidation sites excluding steroid dienone is 1. The molecular formula is C31H29ClFNO6. The number of carbonyl (C=O) groups is 1. The highest BCUT2D eigenvalue weighted by Gasteiger charge is 2.37. The van der Waals surface area contributed by atoms with E-state index in [0.29, 0.717) is 43.4 Å². The number of benzene rings is 3. The van der Waals surface area contributed by atoms with Crippen LogP contribution in [-0.4, -0.2) is 53.9 Å². The molecule has 208 valence electrons. The van der Waals surface area contributed by atoms with Crippen molar-refractivity contribution >= 4 is 28.7 Å². The van der Waals surface area contributed by atoms with Gasteiger partial charge in [-0.1, -0.05) is 36.2 Å². The quantitative estimate of drug-likeness (QED) is 0.383. The van der Waals surface area contributed by atoms with Gasteiger partial charge in [-0.05, 0) is 65.8 Å². The summed E-state index contributed by atoms with van der Waals surface area (Å²) in [6, 6.07) is 15.0. The van der Waals surface area contributed by atoms with Crippen molar-refractivity contribution in [3.05, 3.63) is 82.1 Å². The molecule has 2 N–H and O–H groups in total. The van der Waals surface area contributed by atoms with Crippen LogP contribution in [0.25, 0.3) is 11.1 Å². The molecule has 0 aromatic heterocycles. The molecule has 1 saturated carbocycles. The van der Waals surface area contributed by atoms with E-state index in [4.69, 9.17) is 25.8 Å². The number of fused-ring (bicyclic) bond motifs is 1. The molecule has 2 aliphatic heterocycles. The fourth-order valence-electron chi connectivity index (χ4n) is 5.47. The molecule has 1 amide bonds. The average Bonchev–Trinajstić information content (AvgIpc) is 2.94. The second-order valence-electron chi connectivity index (χ2n) is 10.3. The van der Waals surface area contributed by atoms with E-state index in [1.807, 2.05) is 18.2 Å². The molecule has 1 unspecified atom stereocenters. The van der Waals surface area contributed by atoms with Crippen LogP contribution < -0.4 is 9.47 Å². The summed E-state index contributed by atoms with van der Waals surface area (Å²) < 4.78 is 32.0. The Balaban J connectivity index is 1.36. The maximum Gasteiger partial charge on any atom is 0.260 e. The predicted octanol–water partition coefficient (Wildman–Crippen LogP) is 5.97. The number of hydrogen-bond acceptors (Lipinski definition) is 6. The Bertz CT molecular complexity index is 1460. The number of hydrogen-bond donors (Lipinski definition) is 2. The molecule has 1 saturated heterocycles. The third-order valence-corrected chi connectivity index (χ3v) is 8.14. The number of phenolic OH excluding ortho intramolecular Hbond substituents is 2. The molecule has 1 atom stereocenters. The van der Waals surface area contributed by atoms with E-state index >= 15 is 0 Å². The molecule has 2 fully saturated rings. The molecule has 6 rings (SSSR count). The Morgan fingerprint density at radius 1 is 1.00 bits per heavy atom. The molecule has 1 aliphatic carbocycles. The van der Waals surface area contributed by atoms with Crippen molar-refractivity contribution in [3.63, 3.8) is 0 Å². The van der Waals surface area contributed by atoms with Crippen LogP contribution in [0.1, 0.15) is 42.1 Å². The highest BCUT2D eigenvalue weighted by atomic mass is 35.5. The molecule has 9 heteroatoms. The van der Waals surface area contributed by atoms with Gasteiger partial charge in [-0.25, -0.2) is 4.39 Å². The number of rotatable bonds is 6. The van der Waals surface area contributed by atoms with Crippen molar-refractivity contribution < 1.29 is 33.6 Å². The molecule has 0 radical (unpaired) electrons. The number of aromatic hydroxyl groups is 2. The van der Waals surface area contributed by atoms with Gasteiger partial charge in [0.15, 0.2) is 18.2 Å². The topological polar surface area (TPSA) is 88.5 Å². The maximum absolute atomic E-state index is 14.5. The average molecular weight is 566 g/mol. The summed E-state index contributed by atoms with van der Waals surface area (Å²) in [6.07, 6.45) is 2.34. The minimum atomic E-state index is -0.758. The number of phenols is 2. The van der Waals surface area contributed by atoms with Gasteiger partial charge >= 0.3 is 0 Å². The molecule has 3 aromatic carbocycles. The van der Waals surface area contributed by atoms with Crippen LogP contribution in [0.3, 0.4) is 0 Å². The molecule has 2 heterocycles. The van der Waals surface area contributed by atoms with E-state index in [9.17, 15) is 19.4 Å². The van der Waals surface area contributed by atoms with Crippen LogP contribution in [-0.2, 0) is 9.53 Å². The summed E-state index contributed by atoms with van der Waals surface area (Å²) in [5.74, 6) is -0.276. The smallest absolute Gasteiger partial charge is 0.260 e. The number of amides is 1. The van der Waals surface area contributed by atoms with E-state index in [-0.39, 0.29) is 29.2 Å². The third-order valence-electron chi connectivity index (χ3n) is 7.82. The molecule has 40 heavy (non-hydrogen) atoms. The van der Waals surface area contributed by atoms with Crippen molar-refractivity contribution in [2.75, 3.05) is 32.9 Å². The summed E-state index contributed by atoms with van der Waals surface area (Å²) >= 11 is 6.13. The van der Waals surface area contributed by atoms with E-state index < -0.39 is 17.7 Å². The van der Waals surface area contributed by atoms with Crippen LogP contribution in [0.4, 0.5) is 4.39 Å². The minimum Gasteiger partial charge on any atom is -0.506 e. The monoisotopic (exact) mass is 565 g/mol. The first-order chi connectivity index (χ1) is 19.4. The number of nitrogens with zero attached hydrogens (tertiary/aromatic N) is 1. The summed E-state index contributed by atoms with van der Waals surface area (Å²) in [6.45, 7) is 2.09. The van der Waals surface area contributed by atoms with Crippen molar-refractivity contribution in [2.24, 2.45) is 5.92 Å². The highest BCUT2D eigenvalue weighted by Crippen LogP contribution is 2.54. The fourth-order valence-corrected chi connectivity index (χ4v) is 5.59. The van der Waals surface area contributed by atoms with Gasteiger partial charge in [0.2, 0.25) is 0 Å². The van der Waals surface area contributed by atoms with Crippen LogP contribution in [0.15, 0.2) is 54.6 Å². The number of morpholine rings is 1. The number of halogens is 2. The first-order valence-electron chi connectivity index (χ1n) is 13.4. The summed E-state index contributed by atoms with van der Waals surface area (Å²) in [7, 11) is 0. The lowest BCUT2D eigenvalue weighted by atomic mass is 9.71. The van der Waals surface area contributed by atoms with Crippen molar-refractivity contribution in [2.45, 2.75) is 25.4 Å². The highest BCUT2D eigenvalue weighted by molar-refractivity contribution is 6.32. The lowest BCUT2D eigenvalue weighted by molar-refractivity contribution is -0.137. The van der Waals surface area contributed by atoms with Crippen LogP contribution in [0, 0.1) is 11.7 Å². The lowest BCUT2D eigenvalue weighted by Gasteiger charge is -2.38.